The van der Waals surface area contributed by atoms with Crippen LogP contribution in [0.1, 0.15) is 11.4 Å². The third kappa shape index (κ3) is 2.84. The molecule has 0 aliphatic rings. The van der Waals surface area contributed by atoms with Gasteiger partial charge in [-0.05, 0) is 46.5 Å². The SMILES string of the molecule is CSc1nc(N)c2nc(Cc3cccc(I)c3)n(C)c2n1. The fourth-order valence-corrected chi connectivity index (χ4v) is 3.16. The van der Waals surface area contributed by atoms with Crippen LogP contribution in [0.25, 0.3) is 11.2 Å². The number of fused-ring (bicyclic) bond motifs is 1. The summed E-state index contributed by atoms with van der Waals surface area (Å²) in [7, 11) is 1.97. The zero-order valence-electron chi connectivity index (χ0n) is 11.7. The summed E-state index contributed by atoms with van der Waals surface area (Å²) in [4.78, 5) is 13.4. The molecule has 21 heavy (non-hydrogen) atoms. The Bertz CT molecular complexity index is 814. The Hall–Kier alpha value is -1.35. The Balaban J connectivity index is 2.07. The lowest BCUT2D eigenvalue weighted by Crippen LogP contribution is -2.01. The number of hydrogen-bond acceptors (Lipinski definition) is 5. The van der Waals surface area contributed by atoms with Crippen LogP contribution in [0.4, 0.5) is 5.82 Å². The van der Waals surface area contributed by atoms with Gasteiger partial charge in [0.2, 0.25) is 0 Å². The minimum atomic E-state index is 0.439. The number of benzene rings is 1. The van der Waals surface area contributed by atoms with E-state index in [9.17, 15) is 0 Å². The highest BCUT2D eigenvalue weighted by molar-refractivity contribution is 14.1. The van der Waals surface area contributed by atoms with Gasteiger partial charge in [-0.25, -0.2) is 15.0 Å². The van der Waals surface area contributed by atoms with Crippen LogP contribution in [-0.4, -0.2) is 25.8 Å². The average Bonchev–Trinajstić information content (AvgIpc) is 2.77. The summed E-state index contributed by atoms with van der Waals surface area (Å²) in [5, 5.41) is 0.670. The lowest BCUT2D eigenvalue weighted by Gasteiger charge is -2.03. The molecule has 0 bridgehead atoms. The Labute approximate surface area is 140 Å². The van der Waals surface area contributed by atoms with E-state index in [1.807, 2.05) is 17.9 Å². The molecular formula is C14H14IN5S. The van der Waals surface area contributed by atoms with Crippen LogP contribution >= 0.6 is 34.4 Å². The smallest absolute Gasteiger partial charge is 0.191 e. The lowest BCUT2D eigenvalue weighted by atomic mass is 10.1. The van der Waals surface area contributed by atoms with Gasteiger partial charge < -0.3 is 10.3 Å². The minimum absolute atomic E-state index is 0.439. The van der Waals surface area contributed by atoms with Gasteiger partial charge in [0.05, 0.1) is 0 Å². The molecule has 0 fully saturated rings. The van der Waals surface area contributed by atoms with Crippen molar-refractivity contribution in [2.75, 3.05) is 12.0 Å². The van der Waals surface area contributed by atoms with E-state index >= 15 is 0 Å². The van der Waals surface area contributed by atoms with Crippen LogP contribution in [0.3, 0.4) is 0 Å². The predicted octanol–water partition coefficient (Wildman–Crippen LogP) is 2.86. The standard InChI is InChI=1S/C14H14IN5S/c1-20-10(7-8-4-3-5-9(15)6-8)17-11-12(16)18-14(21-2)19-13(11)20/h3-6H,7H2,1-2H3,(H2,16,18,19). The van der Waals surface area contributed by atoms with Gasteiger partial charge in [-0.1, -0.05) is 23.9 Å². The van der Waals surface area contributed by atoms with Crippen LogP contribution in [-0.2, 0) is 13.5 Å². The van der Waals surface area contributed by atoms with Crippen molar-refractivity contribution < 1.29 is 0 Å². The van der Waals surface area contributed by atoms with Gasteiger partial charge in [0.25, 0.3) is 0 Å². The molecule has 0 aliphatic carbocycles. The minimum Gasteiger partial charge on any atom is -0.382 e. The number of imidazole rings is 1. The number of nitrogens with zero attached hydrogens (tertiary/aromatic N) is 4. The van der Waals surface area contributed by atoms with Crippen LogP contribution < -0.4 is 5.73 Å². The Morgan fingerprint density at radius 3 is 2.81 bits per heavy atom. The molecule has 0 atom stereocenters. The van der Waals surface area contributed by atoms with Crippen LogP contribution in [0.15, 0.2) is 29.4 Å². The monoisotopic (exact) mass is 411 g/mol. The van der Waals surface area contributed by atoms with Crippen LogP contribution in [0.2, 0.25) is 0 Å². The van der Waals surface area contributed by atoms with Gasteiger partial charge in [-0.15, -0.1) is 0 Å². The van der Waals surface area contributed by atoms with Gasteiger partial charge >= 0.3 is 0 Å². The first kappa shape index (κ1) is 14.6. The summed E-state index contributed by atoms with van der Waals surface area (Å²) in [6.45, 7) is 0. The van der Waals surface area contributed by atoms with E-state index in [0.29, 0.717) is 16.5 Å². The molecule has 2 heterocycles. The molecule has 0 aliphatic heterocycles. The third-order valence-electron chi connectivity index (χ3n) is 3.25. The molecule has 108 valence electrons. The van der Waals surface area contributed by atoms with Crippen LogP contribution in [0, 0.1) is 3.57 Å². The molecule has 7 heteroatoms. The fraction of sp³-hybridized carbons (Fsp3) is 0.214. The number of thioether (sulfide) groups is 1. The molecule has 2 N–H and O–H groups in total. The number of nitrogens with two attached hydrogens (primary N) is 1. The Kier molecular flexibility index (Phi) is 4.03. The molecule has 5 nitrogen and oxygen atoms in total. The second-order valence-corrected chi connectivity index (χ2v) is 6.68. The Morgan fingerprint density at radius 1 is 1.29 bits per heavy atom. The molecule has 1 aromatic carbocycles. The van der Waals surface area contributed by atoms with E-state index in [0.717, 1.165) is 17.9 Å². The molecule has 0 spiro atoms. The highest BCUT2D eigenvalue weighted by Crippen LogP contribution is 2.22. The van der Waals surface area contributed by atoms with Crippen molar-refractivity contribution >= 4 is 51.3 Å². The first-order valence-electron chi connectivity index (χ1n) is 6.35. The molecule has 0 radical (unpaired) electrons. The van der Waals surface area contributed by atoms with Crippen LogP contribution in [0.5, 0.6) is 0 Å². The van der Waals surface area contributed by atoms with E-state index in [-0.39, 0.29) is 0 Å². The van der Waals surface area contributed by atoms with E-state index in [1.165, 1.54) is 20.9 Å². The highest BCUT2D eigenvalue weighted by atomic mass is 127. The molecule has 0 unspecified atom stereocenters. The normalized spacial score (nSPS) is 11.2. The summed E-state index contributed by atoms with van der Waals surface area (Å²) in [5.74, 6) is 1.38. The number of hydrogen-bond donors (Lipinski definition) is 1. The maximum atomic E-state index is 5.99. The quantitative estimate of drug-likeness (QED) is 0.408. The zero-order valence-corrected chi connectivity index (χ0v) is 14.6. The number of aromatic nitrogens is 4. The molecule has 3 rings (SSSR count). The molecule has 0 saturated carbocycles. The molecule has 0 saturated heterocycles. The van der Waals surface area contributed by atoms with Gasteiger partial charge in [0.15, 0.2) is 22.1 Å². The summed E-state index contributed by atoms with van der Waals surface area (Å²) in [6, 6.07) is 8.39. The fourth-order valence-electron chi connectivity index (χ4n) is 2.19. The number of aryl methyl sites for hydroxylation is 1. The van der Waals surface area contributed by atoms with E-state index in [4.69, 9.17) is 5.73 Å². The van der Waals surface area contributed by atoms with Crippen molar-refractivity contribution in [2.45, 2.75) is 11.6 Å². The van der Waals surface area contributed by atoms with Crippen molar-refractivity contribution in [1.82, 2.24) is 19.5 Å². The average molecular weight is 411 g/mol. The van der Waals surface area contributed by atoms with Gasteiger partial charge in [0, 0.05) is 17.0 Å². The largest absolute Gasteiger partial charge is 0.382 e. The highest BCUT2D eigenvalue weighted by Gasteiger charge is 2.14. The third-order valence-corrected chi connectivity index (χ3v) is 4.47. The lowest BCUT2D eigenvalue weighted by molar-refractivity contribution is 0.827. The molecular weight excluding hydrogens is 397 g/mol. The number of rotatable bonds is 3. The van der Waals surface area contributed by atoms with Crippen molar-refractivity contribution in [1.29, 1.82) is 0 Å². The second kappa shape index (κ2) is 5.80. The first-order valence-corrected chi connectivity index (χ1v) is 8.66. The first-order chi connectivity index (χ1) is 10.1. The second-order valence-electron chi connectivity index (χ2n) is 4.66. The maximum Gasteiger partial charge on any atom is 0.191 e. The maximum absolute atomic E-state index is 5.99. The Morgan fingerprint density at radius 2 is 2.10 bits per heavy atom. The van der Waals surface area contributed by atoms with Gasteiger partial charge in [-0.3, -0.25) is 0 Å². The summed E-state index contributed by atoms with van der Waals surface area (Å²) >= 11 is 3.79. The van der Waals surface area contributed by atoms with Crippen molar-refractivity contribution in [3.63, 3.8) is 0 Å². The predicted molar refractivity (Wildman–Crippen MR) is 94.5 cm³/mol. The van der Waals surface area contributed by atoms with E-state index < -0.39 is 0 Å². The van der Waals surface area contributed by atoms with Crippen molar-refractivity contribution in [3.05, 3.63) is 39.2 Å². The summed E-state index contributed by atoms with van der Waals surface area (Å²) in [6.07, 6.45) is 2.68. The topological polar surface area (TPSA) is 69.6 Å². The molecule has 2 aromatic heterocycles. The molecule has 3 aromatic rings. The van der Waals surface area contributed by atoms with Crippen molar-refractivity contribution in [3.8, 4) is 0 Å². The number of nitrogen functional groups attached to an aromatic ring is 1. The number of anilines is 1. The van der Waals surface area contributed by atoms with Gasteiger partial charge in [-0.2, -0.15) is 0 Å². The molecule has 0 amide bonds. The zero-order chi connectivity index (χ0) is 15.0. The summed E-state index contributed by atoms with van der Waals surface area (Å²) < 4.78 is 3.21. The van der Waals surface area contributed by atoms with Gasteiger partial charge in [0.1, 0.15) is 5.82 Å². The number of halogens is 1. The summed E-state index contributed by atoms with van der Waals surface area (Å²) in [5.41, 5.74) is 8.67. The van der Waals surface area contributed by atoms with E-state index in [2.05, 4.69) is 61.8 Å². The van der Waals surface area contributed by atoms with Crippen molar-refractivity contribution in [2.24, 2.45) is 7.05 Å². The van der Waals surface area contributed by atoms with E-state index in [1.54, 1.807) is 0 Å².